The van der Waals surface area contributed by atoms with Crippen molar-refractivity contribution in [3.05, 3.63) is 29.8 Å². The maximum Gasteiger partial charge on any atom is 0.365 e. The maximum absolute atomic E-state index is 10.2. The van der Waals surface area contributed by atoms with Crippen LogP contribution in [0.3, 0.4) is 0 Å². The third-order valence-corrected chi connectivity index (χ3v) is 1.72. The smallest absolute Gasteiger partial charge is 0.365 e. The molecule has 12 heavy (non-hydrogen) atoms. The highest BCUT2D eigenvalue weighted by Gasteiger charge is 1.96. The molecule has 0 radical (unpaired) electrons. The fraction of sp³-hybridized carbons (Fsp3) is 0.143. The zero-order valence-electron chi connectivity index (χ0n) is 6.23. The zero-order valence-corrected chi connectivity index (χ0v) is 7.23. The zero-order chi connectivity index (χ0) is 8.97. The summed E-state index contributed by atoms with van der Waals surface area (Å²) >= 11 is 0. The summed E-state index contributed by atoms with van der Waals surface area (Å²) in [5.74, 6) is 0.332. The second-order valence-corrected chi connectivity index (χ2v) is 2.91. The van der Waals surface area contributed by atoms with Crippen molar-refractivity contribution in [1.29, 1.82) is 0 Å². The minimum atomic E-state index is -2.92. The van der Waals surface area contributed by atoms with E-state index in [0.29, 0.717) is 5.75 Å². The van der Waals surface area contributed by atoms with Crippen molar-refractivity contribution in [1.82, 2.24) is 0 Å². The monoisotopic (exact) mass is 188 g/mol. The van der Waals surface area contributed by atoms with Crippen LogP contribution in [0.25, 0.3) is 0 Å². The third kappa shape index (κ3) is 2.66. The Morgan fingerprint density at radius 2 is 1.92 bits per heavy atom. The minimum Gasteiger partial charge on any atom is -0.426 e. The standard InChI is InChI=1S/C7H9O4P/c8-5-6-1-3-7(4-2-6)11-12(9)10/h1-4,8,12H,5H2,(H,9,10). The molecule has 0 bridgehead atoms. The number of rotatable bonds is 3. The van der Waals surface area contributed by atoms with Gasteiger partial charge in [0, 0.05) is 0 Å². The summed E-state index contributed by atoms with van der Waals surface area (Å²) < 4.78 is 14.8. The van der Waals surface area contributed by atoms with Crippen molar-refractivity contribution >= 4 is 8.25 Å². The van der Waals surface area contributed by atoms with Gasteiger partial charge in [0.15, 0.2) is 0 Å². The SMILES string of the molecule is O=[PH](O)Oc1ccc(CO)cc1. The van der Waals surface area contributed by atoms with Crippen LogP contribution in [-0.2, 0) is 11.2 Å². The fourth-order valence-electron chi connectivity index (χ4n) is 0.764. The van der Waals surface area contributed by atoms with E-state index in [0.717, 1.165) is 5.56 Å². The molecule has 0 spiro atoms. The van der Waals surface area contributed by atoms with Gasteiger partial charge in [0.05, 0.1) is 6.61 Å². The Kier molecular flexibility index (Phi) is 3.29. The summed E-state index contributed by atoms with van der Waals surface area (Å²) in [6.07, 6.45) is 0. The van der Waals surface area contributed by atoms with E-state index in [2.05, 4.69) is 4.52 Å². The van der Waals surface area contributed by atoms with Gasteiger partial charge in [-0.15, -0.1) is 0 Å². The molecule has 66 valence electrons. The molecule has 0 saturated carbocycles. The number of aliphatic hydroxyl groups is 1. The van der Waals surface area contributed by atoms with Crippen molar-refractivity contribution in [3.63, 3.8) is 0 Å². The van der Waals surface area contributed by atoms with Crippen LogP contribution < -0.4 is 4.52 Å². The molecule has 0 heterocycles. The first-order valence-corrected chi connectivity index (χ1v) is 4.59. The lowest BCUT2D eigenvalue weighted by molar-refractivity contribution is 0.282. The van der Waals surface area contributed by atoms with Crippen molar-refractivity contribution in [3.8, 4) is 5.75 Å². The summed E-state index contributed by atoms with van der Waals surface area (Å²) in [7, 11) is -2.92. The van der Waals surface area contributed by atoms with Crippen LogP contribution in [-0.4, -0.2) is 10.00 Å². The van der Waals surface area contributed by atoms with Crippen molar-refractivity contribution in [2.24, 2.45) is 0 Å². The van der Waals surface area contributed by atoms with Gasteiger partial charge < -0.3 is 14.5 Å². The molecule has 0 aliphatic heterocycles. The van der Waals surface area contributed by atoms with Crippen LogP contribution in [0.5, 0.6) is 5.75 Å². The molecule has 4 nitrogen and oxygen atoms in total. The van der Waals surface area contributed by atoms with E-state index in [1.54, 1.807) is 12.1 Å². The molecule has 0 amide bonds. The average molecular weight is 188 g/mol. The average Bonchev–Trinajstić information content (AvgIpc) is 2.05. The van der Waals surface area contributed by atoms with Gasteiger partial charge in [-0.2, -0.15) is 0 Å². The second kappa shape index (κ2) is 4.26. The summed E-state index contributed by atoms with van der Waals surface area (Å²) in [4.78, 5) is 8.41. The number of hydrogen-bond acceptors (Lipinski definition) is 3. The molecular weight excluding hydrogens is 179 g/mol. The lowest BCUT2D eigenvalue weighted by atomic mass is 10.2. The number of hydrogen-bond donors (Lipinski definition) is 2. The molecule has 5 heteroatoms. The lowest BCUT2D eigenvalue weighted by Crippen LogP contribution is -1.83. The molecular formula is C7H9O4P. The fourth-order valence-corrected chi connectivity index (χ4v) is 1.10. The topological polar surface area (TPSA) is 66.8 Å². The Bertz CT molecular complexity index is 269. The van der Waals surface area contributed by atoms with Crippen molar-refractivity contribution < 1.29 is 19.1 Å². The molecule has 0 saturated heterocycles. The van der Waals surface area contributed by atoms with Crippen molar-refractivity contribution in [2.75, 3.05) is 0 Å². The number of benzene rings is 1. The Labute approximate surface area is 70.4 Å². The number of aliphatic hydroxyl groups excluding tert-OH is 1. The highest BCUT2D eigenvalue weighted by Crippen LogP contribution is 2.22. The van der Waals surface area contributed by atoms with Crippen LogP contribution >= 0.6 is 8.25 Å². The summed E-state index contributed by atoms with van der Waals surface area (Å²) in [6, 6.07) is 6.31. The third-order valence-electron chi connectivity index (χ3n) is 1.31. The van der Waals surface area contributed by atoms with Gasteiger partial charge in [0.2, 0.25) is 0 Å². The molecule has 1 atom stereocenters. The Hall–Kier alpha value is -0.830. The van der Waals surface area contributed by atoms with Crippen LogP contribution in [0.2, 0.25) is 0 Å². The van der Waals surface area contributed by atoms with Gasteiger partial charge >= 0.3 is 8.25 Å². The largest absolute Gasteiger partial charge is 0.426 e. The van der Waals surface area contributed by atoms with Crippen LogP contribution in [0.15, 0.2) is 24.3 Å². The van der Waals surface area contributed by atoms with E-state index in [1.807, 2.05) is 0 Å². The van der Waals surface area contributed by atoms with E-state index in [-0.39, 0.29) is 6.61 Å². The Balaban J connectivity index is 2.71. The predicted molar refractivity (Wildman–Crippen MR) is 44.2 cm³/mol. The first-order chi connectivity index (χ1) is 5.72. The molecule has 1 unspecified atom stereocenters. The predicted octanol–water partition coefficient (Wildman–Crippen LogP) is 0.940. The summed E-state index contributed by atoms with van der Waals surface area (Å²) in [5, 5.41) is 8.66. The van der Waals surface area contributed by atoms with E-state index in [9.17, 15) is 4.57 Å². The lowest BCUT2D eigenvalue weighted by Gasteiger charge is -2.01. The quantitative estimate of drug-likeness (QED) is 0.692. The van der Waals surface area contributed by atoms with Gasteiger partial charge in [0.25, 0.3) is 0 Å². The van der Waals surface area contributed by atoms with Crippen LogP contribution in [0.1, 0.15) is 5.56 Å². The van der Waals surface area contributed by atoms with Gasteiger partial charge in [-0.25, -0.2) is 4.57 Å². The molecule has 0 fully saturated rings. The second-order valence-electron chi connectivity index (χ2n) is 2.17. The maximum atomic E-state index is 10.2. The summed E-state index contributed by atoms with van der Waals surface area (Å²) in [6.45, 7) is -0.0470. The first-order valence-electron chi connectivity index (χ1n) is 3.33. The van der Waals surface area contributed by atoms with Gasteiger partial charge in [-0.05, 0) is 17.7 Å². The molecule has 0 aliphatic rings. The van der Waals surface area contributed by atoms with E-state index in [4.69, 9.17) is 10.00 Å². The van der Waals surface area contributed by atoms with Crippen molar-refractivity contribution in [2.45, 2.75) is 6.61 Å². The highest BCUT2D eigenvalue weighted by molar-refractivity contribution is 7.32. The van der Waals surface area contributed by atoms with E-state index in [1.165, 1.54) is 12.1 Å². The molecule has 1 aromatic rings. The summed E-state index contributed by atoms with van der Waals surface area (Å²) in [5.41, 5.74) is 0.736. The van der Waals surface area contributed by atoms with E-state index >= 15 is 0 Å². The highest BCUT2D eigenvalue weighted by atomic mass is 31.1. The van der Waals surface area contributed by atoms with Gasteiger partial charge in [-0.3, -0.25) is 0 Å². The normalized spacial score (nSPS) is 12.5. The van der Waals surface area contributed by atoms with Crippen LogP contribution in [0.4, 0.5) is 0 Å². The van der Waals surface area contributed by atoms with Gasteiger partial charge in [-0.1, -0.05) is 12.1 Å². The Morgan fingerprint density at radius 1 is 1.33 bits per heavy atom. The molecule has 1 aromatic carbocycles. The molecule has 1 rings (SSSR count). The Morgan fingerprint density at radius 3 is 2.33 bits per heavy atom. The minimum absolute atomic E-state index is 0.0470. The van der Waals surface area contributed by atoms with Crippen LogP contribution in [0, 0.1) is 0 Å². The van der Waals surface area contributed by atoms with Gasteiger partial charge in [0.1, 0.15) is 5.75 Å². The molecule has 2 N–H and O–H groups in total. The van der Waals surface area contributed by atoms with E-state index < -0.39 is 8.25 Å². The molecule has 0 aliphatic carbocycles. The molecule has 0 aromatic heterocycles. The first kappa shape index (κ1) is 9.26.